The van der Waals surface area contributed by atoms with Crippen LogP contribution in [0.4, 0.5) is 0 Å². The Morgan fingerprint density at radius 1 is 1.37 bits per heavy atom. The van der Waals surface area contributed by atoms with Crippen molar-refractivity contribution in [2.24, 2.45) is 5.73 Å². The van der Waals surface area contributed by atoms with Crippen LogP contribution in [0.3, 0.4) is 0 Å². The van der Waals surface area contributed by atoms with E-state index >= 15 is 0 Å². The van der Waals surface area contributed by atoms with Crippen LogP contribution in [0.2, 0.25) is 0 Å². The molecule has 1 atom stereocenters. The molecule has 0 aromatic carbocycles. The molecule has 1 aliphatic rings. The van der Waals surface area contributed by atoms with Crippen molar-refractivity contribution in [1.82, 2.24) is 9.78 Å². The summed E-state index contributed by atoms with van der Waals surface area (Å²) in [5.41, 5.74) is 7.50. The third kappa shape index (κ3) is 3.80. The van der Waals surface area contributed by atoms with Crippen molar-refractivity contribution >= 4 is 0 Å². The zero-order valence-electron chi connectivity index (χ0n) is 12.3. The molecular formula is C15H27N3O. The molecule has 1 aliphatic heterocycles. The summed E-state index contributed by atoms with van der Waals surface area (Å²) >= 11 is 0. The molecule has 1 aromatic heterocycles. The van der Waals surface area contributed by atoms with E-state index in [1.807, 2.05) is 0 Å². The van der Waals surface area contributed by atoms with Crippen LogP contribution in [-0.4, -0.2) is 28.5 Å². The Morgan fingerprint density at radius 3 is 2.89 bits per heavy atom. The van der Waals surface area contributed by atoms with Gasteiger partial charge in [-0.15, -0.1) is 0 Å². The topological polar surface area (TPSA) is 53.1 Å². The first-order valence-corrected chi connectivity index (χ1v) is 7.57. The molecule has 0 bridgehead atoms. The number of rotatable bonds is 5. The quantitative estimate of drug-likeness (QED) is 0.890. The lowest BCUT2D eigenvalue weighted by Crippen LogP contribution is -2.42. The molecule has 4 nitrogen and oxygen atoms in total. The summed E-state index contributed by atoms with van der Waals surface area (Å²) in [5.74, 6) is 0. The fourth-order valence-electron chi connectivity index (χ4n) is 2.90. The fraction of sp³-hybridized carbons (Fsp3) is 0.800. The zero-order valence-corrected chi connectivity index (χ0v) is 12.3. The largest absolute Gasteiger partial charge is 0.381 e. The Bertz CT molecular complexity index is 376. The average Bonchev–Trinajstić information content (AvgIpc) is 2.72. The maximum absolute atomic E-state index is 6.51. The lowest BCUT2D eigenvalue weighted by molar-refractivity contribution is 0.139. The zero-order chi connectivity index (χ0) is 13.7. The maximum Gasteiger partial charge on any atom is 0.0643 e. The van der Waals surface area contributed by atoms with E-state index in [-0.39, 0.29) is 5.54 Å². The highest BCUT2D eigenvalue weighted by Crippen LogP contribution is 2.23. The van der Waals surface area contributed by atoms with Crippen molar-refractivity contribution in [3.05, 3.63) is 18.0 Å². The van der Waals surface area contributed by atoms with Crippen molar-refractivity contribution in [3.8, 4) is 0 Å². The van der Waals surface area contributed by atoms with Gasteiger partial charge in [-0.3, -0.25) is 4.68 Å². The Morgan fingerprint density at radius 2 is 2.16 bits per heavy atom. The second-order valence-electron chi connectivity index (χ2n) is 5.76. The monoisotopic (exact) mass is 265 g/mol. The molecule has 0 saturated carbocycles. The molecule has 0 amide bonds. The standard InChI is InChI=1S/C15H27N3O/c1-3-14(4-2)18-9-6-13(17-18)12-15(16)7-5-10-19-11-8-15/h6,9,14H,3-5,7-8,10-12,16H2,1-2H3. The summed E-state index contributed by atoms with van der Waals surface area (Å²) in [7, 11) is 0. The van der Waals surface area contributed by atoms with E-state index in [4.69, 9.17) is 15.6 Å². The van der Waals surface area contributed by atoms with Gasteiger partial charge >= 0.3 is 0 Å². The van der Waals surface area contributed by atoms with Crippen molar-refractivity contribution in [2.45, 2.75) is 64.0 Å². The second kappa shape index (κ2) is 6.53. The van der Waals surface area contributed by atoms with Gasteiger partial charge in [0.2, 0.25) is 0 Å². The lowest BCUT2D eigenvalue weighted by atomic mass is 9.87. The first kappa shape index (κ1) is 14.5. The molecule has 2 rings (SSSR count). The van der Waals surface area contributed by atoms with Crippen LogP contribution in [0.5, 0.6) is 0 Å². The normalized spacial score (nSPS) is 24.6. The van der Waals surface area contributed by atoms with Crippen LogP contribution in [0.25, 0.3) is 0 Å². The van der Waals surface area contributed by atoms with Gasteiger partial charge in [-0.2, -0.15) is 5.10 Å². The highest BCUT2D eigenvalue weighted by atomic mass is 16.5. The van der Waals surface area contributed by atoms with Gasteiger partial charge in [0.05, 0.1) is 11.7 Å². The molecule has 1 fully saturated rings. The summed E-state index contributed by atoms with van der Waals surface area (Å²) in [5, 5.41) is 4.72. The molecule has 0 spiro atoms. The Kier molecular flexibility index (Phi) is 4.99. The van der Waals surface area contributed by atoms with E-state index in [0.717, 1.165) is 57.4 Å². The van der Waals surface area contributed by atoms with Crippen LogP contribution in [0.15, 0.2) is 12.3 Å². The fourth-order valence-corrected chi connectivity index (χ4v) is 2.90. The summed E-state index contributed by atoms with van der Waals surface area (Å²) < 4.78 is 7.60. The van der Waals surface area contributed by atoms with Gasteiger partial charge in [-0.05, 0) is 38.2 Å². The SMILES string of the molecule is CCC(CC)n1ccc(CC2(N)CCCOCC2)n1. The number of nitrogens with two attached hydrogens (primary N) is 1. The number of hydrogen-bond donors (Lipinski definition) is 1. The smallest absolute Gasteiger partial charge is 0.0643 e. The lowest BCUT2D eigenvalue weighted by Gasteiger charge is -2.26. The van der Waals surface area contributed by atoms with E-state index in [1.54, 1.807) is 0 Å². The van der Waals surface area contributed by atoms with E-state index in [2.05, 4.69) is 30.8 Å². The minimum absolute atomic E-state index is 0.135. The number of nitrogens with zero attached hydrogens (tertiary/aromatic N) is 2. The Hall–Kier alpha value is -0.870. The third-order valence-corrected chi connectivity index (χ3v) is 4.22. The minimum atomic E-state index is -0.135. The predicted molar refractivity (Wildman–Crippen MR) is 77.1 cm³/mol. The van der Waals surface area contributed by atoms with Gasteiger partial charge in [0.25, 0.3) is 0 Å². The molecular weight excluding hydrogens is 238 g/mol. The summed E-state index contributed by atoms with van der Waals surface area (Å²) in [6.07, 6.45) is 8.24. The van der Waals surface area contributed by atoms with E-state index in [1.165, 1.54) is 0 Å². The molecule has 1 aromatic rings. The molecule has 1 unspecified atom stereocenters. The van der Waals surface area contributed by atoms with Crippen molar-refractivity contribution in [3.63, 3.8) is 0 Å². The summed E-state index contributed by atoms with van der Waals surface area (Å²) in [6.45, 7) is 6.05. The van der Waals surface area contributed by atoms with Crippen LogP contribution >= 0.6 is 0 Å². The summed E-state index contributed by atoms with van der Waals surface area (Å²) in [6, 6.07) is 2.64. The third-order valence-electron chi connectivity index (χ3n) is 4.22. The molecule has 19 heavy (non-hydrogen) atoms. The number of aromatic nitrogens is 2. The first-order valence-electron chi connectivity index (χ1n) is 7.57. The van der Waals surface area contributed by atoms with Gasteiger partial charge in [0, 0.05) is 31.4 Å². The van der Waals surface area contributed by atoms with E-state index < -0.39 is 0 Å². The number of ether oxygens (including phenoxy) is 1. The van der Waals surface area contributed by atoms with Gasteiger partial charge in [0.15, 0.2) is 0 Å². The Labute approximate surface area is 116 Å². The number of hydrogen-bond acceptors (Lipinski definition) is 3. The molecule has 4 heteroatoms. The van der Waals surface area contributed by atoms with Crippen molar-refractivity contribution < 1.29 is 4.74 Å². The van der Waals surface area contributed by atoms with Gasteiger partial charge in [0.1, 0.15) is 0 Å². The van der Waals surface area contributed by atoms with Crippen LogP contribution in [-0.2, 0) is 11.2 Å². The average molecular weight is 265 g/mol. The highest BCUT2D eigenvalue weighted by molar-refractivity contribution is 5.06. The van der Waals surface area contributed by atoms with Crippen molar-refractivity contribution in [2.75, 3.05) is 13.2 Å². The van der Waals surface area contributed by atoms with Gasteiger partial charge < -0.3 is 10.5 Å². The van der Waals surface area contributed by atoms with Crippen molar-refractivity contribution in [1.29, 1.82) is 0 Å². The molecule has 2 heterocycles. The van der Waals surface area contributed by atoms with Gasteiger partial charge in [-0.1, -0.05) is 13.8 Å². The van der Waals surface area contributed by atoms with Crippen LogP contribution < -0.4 is 5.73 Å². The first-order chi connectivity index (χ1) is 9.17. The molecule has 1 saturated heterocycles. The Balaban J connectivity index is 2.02. The van der Waals surface area contributed by atoms with E-state index in [0.29, 0.717) is 6.04 Å². The van der Waals surface area contributed by atoms with E-state index in [9.17, 15) is 0 Å². The maximum atomic E-state index is 6.51. The van der Waals surface area contributed by atoms with Gasteiger partial charge in [-0.25, -0.2) is 0 Å². The molecule has 0 radical (unpaired) electrons. The molecule has 0 aliphatic carbocycles. The highest BCUT2D eigenvalue weighted by Gasteiger charge is 2.27. The molecule has 108 valence electrons. The minimum Gasteiger partial charge on any atom is -0.381 e. The van der Waals surface area contributed by atoms with Crippen LogP contribution in [0, 0.1) is 0 Å². The van der Waals surface area contributed by atoms with Crippen LogP contribution in [0.1, 0.15) is 57.7 Å². The predicted octanol–water partition coefficient (Wildman–Crippen LogP) is 2.68. The molecule has 2 N–H and O–H groups in total. The second-order valence-corrected chi connectivity index (χ2v) is 5.76. The summed E-state index contributed by atoms with van der Waals surface area (Å²) in [4.78, 5) is 0.